The Morgan fingerprint density at radius 3 is 1.59 bits per heavy atom. The number of para-hydroxylation sites is 2. The quantitative estimate of drug-likeness (QED) is 0.171. The van der Waals surface area contributed by atoms with Gasteiger partial charge in [-0.1, -0.05) is 158 Å². The van der Waals surface area contributed by atoms with Crippen molar-refractivity contribution in [2.24, 2.45) is 0 Å². The third kappa shape index (κ3) is 5.45. The molecule has 0 spiro atoms. The summed E-state index contributed by atoms with van der Waals surface area (Å²) in [4.78, 5) is 15.3. The molecule has 0 amide bonds. The van der Waals surface area contributed by atoms with Crippen molar-refractivity contribution >= 4 is 43.9 Å². The Morgan fingerprint density at radius 2 is 0.804 bits per heavy atom. The zero-order chi connectivity index (χ0) is 37.0. The summed E-state index contributed by atoms with van der Waals surface area (Å²) >= 11 is 0. The van der Waals surface area contributed by atoms with E-state index < -0.39 is 0 Å². The first-order valence-corrected chi connectivity index (χ1v) is 18.7. The van der Waals surface area contributed by atoms with Crippen molar-refractivity contribution in [2.75, 3.05) is 0 Å². The van der Waals surface area contributed by atoms with E-state index >= 15 is 0 Å². The molecule has 0 atom stereocenters. The Hall–Kier alpha value is -7.63. The topological polar surface area (TPSA) is 65.0 Å². The van der Waals surface area contributed by atoms with E-state index in [9.17, 15) is 0 Å². The average molecular weight is 718 g/mol. The maximum atomic E-state index is 6.60. The highest BCUT2D eigenvalue weighted by molar-refractivity contribution is 6.17. The van der Waals surface area contributed by atoms with Crippen LogP contribution in [0, 0.1) is 0 Å². The molecule has 262 valence electrons. The molecular weight excluding hydrogens is 687 g/mol. The molecule has 56 heavy (non-hydrogen) atoms. The van der Waals surface area contributed by atoms with E-state index in [2.05, 4.69) is 140 Å². The molecule has 0 aliphatic carbocycles. The monoisotopic (exact) mass is 717 g/mol. The Bertz CT molecular complexity index is 3240. The third-order valence-corrected chi connectivity index (χ3v) is 10.6. The number of nitrogens with zero attached hydrogens (tertiary/aromatic N) is 3. The molecule has 11 aromatic rings. The van der Waals surface area contributed by atoms with Crippen molar-refractivity contribution in [1.82, 2.24) is 15.0 Å². The Labute approximate surface area is 322 Å². The van der Waals surface area contributed by atoms with Gasteiger partial charge in [0.05, 0.1) is 0 Å². The van der Waals surface area contributed by atoms with E-state index in [1.54, 1.807) is 0 Å². The summed E-state index contributed by atoms with van der Waals surface area (Å²) in [5, 5.41) is 4.24. The predicted octanol–water partition coefficient (Wildman–Crippen LogP) is 13.7. The number of hydrogen-bond donors (Lipinski definition) is 0. The zero-order valence-electron chi connectivity index (χ0n) is 30.1. The van der Waals surface area contributed by atoms with E-state index in [4.69, 9.17) is 23.8 Å². The fourth-order valence-corrected chi connectivity index (χ4v) is 7.82. The summed E-state index contributed by atoms with van der Waals surface area (Å²) in [6, 6.07) is 64.5. The van der Waals surface area contributed by atoms with Crippen LogP contribution in [0.25, 0.3) is 111 Å². The van der Waals surface area contributed by atoms with Crippen molar-refractivity contribution < 1.29 is 8.83 Å². The molecule has 5 heteroatoms. The van der Waals surface area contributed by atoms with E-state index in [0.717, 1.165) is 93.9 Å². The van der Waals surface area contributed by atoms with Gasteiger partial charge in [-0.25, -0.2) is 15.0 Å². The molecule has 5 nitrogen and oxygen atoms in total. The lowest BCUT2D eigenvalue weighted by molar-refractivity contribution is 0.669. The van der Waals surface area contributed by atoms with Crippen LogP contribution in [0.2, 0.25) is 0 Å². The van der Waals surface area contributed by atoms with Gasteiger partial charge in [0.1, 0.15) is 22.3 Å². The van der Waals surface area contributed by atoms with Crippen molar-refractivity contribution in [2.45, 2.75) is 0 Å². The molecular formula is C51H31N3O2. The molecule has 0 aliphatic heterocycles. The molecule has 0 aliphatic rings. The second-order valence-electron chi connectivity index (χ2n) is 14.0. The minimum Gasteiger partial charge on any atom is -0.456 e. The Morgan fingerprint density at radius 1 is 0.286 bits per heavy atom. The van der Waals surface area contributed by atoms with Crippen LogP contribution in [0.5, 0.6) is 0 Å². The molecule has 0 saturated heterocycles. The van der Waals surface area contributed by atoms with Crippen LogP contribution in [0.4, 0.5) is 0 Å². The summed E-state index contributed by atoms with van der Waals surface area (Å²) in [7, 11) is 0. The second-order valence-corrected chi connectivity index (χ2v) is 14.0. The highest BCUT2D eigenvalue weighted by Crippen LogP contribution is 2.42. The maximum absolute atomic E-state index is 6.60. The number of rotatable bonds is 6. The number of hydrogen-bond acceptors (Lipinski definition) is 5. The minimum atomic E-state index is 0.567. The highest BCUT2D eigenvalue weighted by atomic mass is 16.3. The van der Waals surface area contributed by atoms with Crippen molar-refractivity contribution in [1.29, 1.82) is 0 Å². The summed E-state index contributed by atoms with van der Waals surface area (Å²) in [5.74, 6) is 1.76. The van der Waals surface area contributed by atoms with E-state index in [0.29, 0.717) is 17.5 Å². The van der Waals surface area contributed by atoms with Gasteiger partial charge in [0, 0.05) is 43.8 Å². The van der Waals surface area contributed by atoms with E-state index in [-0.39, 0.29) is 0 Å². The van der Waals surface area contributed by atoms with Crippen LogP contribution in [0.3, 0.4) is 0 Å². The van der Waals surface area contributed by atoms with Gasteiger partial charge in [-0.3, -0.25) is 0 Å². The van der Waals surface area contributed by atoms with Gasteiger partial charge >= 0.3 is 0 Å². The molecule has 11 rings (SSSR count). The van der Waals surface area contributed by atoms with E-state index in [1.807, 2.05) is 48.5 Å². The first kappa shape index (κ1) is 31.9. The number of aromatic nitrogens is 3. The lowest BCUT2D eigenvalue weighted by Crippen LogP contribution is -2.00. The van der Waals surface area contributed by atoms with Crippen molar-refractivity contribution in [3.8, 4) is 67.5 Å². The summed E-state index contributed by atoms with van der Waals surface area (Å²) in [6.45, 7) is 0. The largest absolute Gasteiger partial charge is 0.456 e. The summed E-state index contributed by atoms with van der Waals surface area (Å²) in [5.41, 5.74) is 12.5. The van der Waals surface area contributed by atoms with Crippen LogP contribution >= 0.6 is 0 Å². The van der Waals surface area contributed by atoms with Gasteiger partial charge in [0.15, 0.2) is 17.5 Å². The van der Waals surface area contributed by atoms with Crippen LogP contribution in [0.15, 0.2) is 197 Å². The summed E-state index contributed by atoms with van der Waals surface area (Å²) < 4.78 is 13.1. The number of benzene rings is 8. The maximum Gasteiger partial charge on any atom is 0.164 e. The van der Waals surface area contributed by atoms with Crippen molar-refractivity contribution in [3.05, 3.63) is 188 Å². The fourth-order valence-electron chi connectivity index (χ4n) is 7.82. The molecule has 0 N–H and O–H groups in total. The zero-order valence-corrected chi connectivity index (χ0v) is 30.1. The van der Waals surface area contributed by atoms with Crippen molar-refractivity contribution in [3.63, 3.8) is 0 Å². The normalized spacial score (nSPS) is 11.6. The molecule has 0 radical (unpaired) electrons. The van der Waals surface area contributed by atoms with Gasteiger partial charge < -0.3 is 8.83 Å². The summed E-state index contributed by atoms with van der Waals surface area (Å²) in [6.07, 6.45) is 0. The minimum absolute atomic E-state index is 0.567. The van der Waals surface area contributed by atoms with Gasteiger partial charge in [-0.15, -0.1) is 0 Å². The molecule has 0 saturated carbocycles. The first-order valence-electron chi connectivity index (χ1n) is 18.7. The predicted molar refractivity (Wildman–Crippen MR) is 227 cm³/mol. The molecule has 0 fully saturated rings. The SMILES string of the molecule is c1ccc(-c2ccc(-c3nc(-c4cccc(-c5ccccc5)c4)nc(-c4ccc5c(c4)oc4cccc(-c6cccc7c6oc6ccccc67)c45)n3)cc2)cc1. The standard InChI is InChI=1S/C51H31N3O2/c1-3-12-32(13-4-1)34-24-26-35(27-25-34)49-52-50(37-17-9-16-36(30-37)33-14-5-2-6-15-33)54-51(53-49)38-28-29-43-46(31-38)55-45-23-11-19-40(47(43)45)42-21-10-20-41-39-18-7-8-22-44(39)56-48(41)42/h1-31H. The van der Waals surface area contributed by atoms with Gasteiger partial charge in [0.2, 0.25) is 0 Å². The Balaban J connectivity index is 1.05. The van der Waals surface area contributed by atoms with Crippen LogP contribution in [0.1, 0.15) is 0 Å². The smallest absolute Gasteiger partial charge is 0.164 e. The molecule has 3 heterocycles. The average Bonchev–Trinajstić information content (AvgIpc) is 3.85. The third-order valence-electron chi connectivity index (χ3n) is 10.6. The lowest BCUT2D eigenvalue weighted by atomic mass is 9.97. The highest BCUT2D eigenvalue weighted by Gasteiger charge is 2.19. The second kappa shape index (κ2) is 13.0. The van der Waals surface area contributed by atoms with Gasteiger partial charge in [-0.2, -0.15) is 0 Å². The first-order chi connectivity index (χ1) is 27.7. The lowest BCUT2D eigenvalue weighted by Gasteiger charge is -2.10. The van der Waals surface area contributed by atoms with E-state index in [1.165, 1.54) is 0 Å². The van der Waals surface area contributed by atoms with Crippen LogP contribution in [-0.2, 0) is 0 Å². The fraction of sp³-hybridized carbons (Fsp3) is 0. The van der Waals surface area contributed by atoms with Crippen LogP contribution in [-0.4, -0.2) is 15.0 Å². The number of fused-ring (bicyclic) bond motifs is 6. The van der Waals surface area contributed by atoms with Gasteiger partial charge in [-0.05, 0) is 58.1 Å². The van der Waals surface area contributed by atoms with Crippen LogP contribution < -0.4 is 0 Å². The molecule has 0 bridgehead atoms. The Kier molecular flexibility index (Phi) is 7.42. The molecule has 3 aromatic heterocycles. The number of furan rings is 2. The van der Waals surface area contributed by atoms with Gasteiger partial charge in [0.25, 0.3) is 0 Å². The molecule has 0 unspecified atom stereocenters. The molecule has 8 aromatic carbocycles.